The number of likely N-dealkylation sites (tertiary alicyclic amines) is 2. The van der Waals surface area contributed by atoms with Gasteiger partial charge >= 0.3 is 0 Å². The first kappa shape index (κ1) is 22.3. The highest BCUT2D eigenvalue weighted by molar-refractivity contribution is 5.90. The molecular formula is C27H32N2O3. The number of hydrogen-bond acceptors (Lipinski definition) is 3. The third-order valence-electron chi connectivity index (χ3n) is 7.54. The number of carbonyl (C=O) groups is 2. The van der Waals surface area contributed by atoms with Gasteiger partial charge in [-0.25, -0.2) is 0 Å². The molecule has 32 heavy (non-hydrogen) atoms. The van der Waals surface area contributed by atoms with E-state index in [0.717, 1.165) is 24.0 Å². The molecule has 5 heteroatoms. The van der Waals surface area contributed by atoms with E-state index in [1.54, 1.807) is 4.90 Å². The van der Waals surface area contributed by atoms with Crippen LogP contribution in [0.4, 0.5) is 0 Å². The van der Waals surface area contributed by atoms with Crippen LogP contribution in [0.1, 0.15) is 36.8 Å². The lowest BCUT2D eigenvalue weighted by atomic mass is 9.69. The van der Waals surface area contributed by atoms with Crippen LogP contribution in [-0.2, 0) is 20.4 Å². The molecule has 0 unspecified atom stereocenters. The molecule has 0 saturated carbocycles. The smallest absolute Gasteiger partial charge is 0.245 e. The number of nitrogens with zero attached hydrogens (tertiary/aromatic N) is 2. The summed E-state index contributed by atoms with van der Waals surface area (Å²) in [6.45, 7) is 6.02. The van der Waals surface area contributed by atoms with Gasteiger partial charge in [0.05, 0.1) is 12.0 Å². The lowest BCUT2D eigenvalue weighted by Crippen LogP contribution is -2.56. The van der Waals surface area contributed by atoms with Crippen molar-refractivity contribution >= 4 is 11.8 Å². The summed E-state index contributed by atoms with van der Waals surface area (Å²) in [5.74, 6) is 0.0710. The monoisotopic (exact) mass is 432 g/mol. The zero-order valence-electron chi connectivity index (χ0n) is 18.6. The highest BCUT2D eigenvalue weighted by Gasteiger charge is 2.47. The Bertz CT molecular complexity index is 941. The maximum absolute atomic E-state index is 14.0. The van der Waals surface area contributed by atoms with Crippen molar-refractivity contribution in [2.24, 2.45) is 0 Å². The van der Waals surface area contributed by atoms with Crippen molar-refractivity contribution in [2.45, 2.75) is 36.5 Å². The third-order valence-corrected chi connectivity index (χ3v) is 7.54. The number of benzene rings is 2. The van der Waals surface area contributed by atoms with E-state index in [-0.39, 0.29) is 23.8 Å². The van der Waals surface area contributed by atoms with Crippen LogP contribution in [0.3, 0.4) is 0 Å². The van der Waals surface area contributed by atoms with Crippen LogP contribution in [0.2, 0.25) is 0 Å². The standard InChI is InChI=1S/C27H32N2O3/c1-2-24(31)28-19-15-27(16-20-28,23-11-7-4-8-12-23)25(32)29-17-13-26(21-30,14-18-29)22-9-5-3-6-10-22/h2-12,30H,1,13-21H2. The normalized spacial score (nSPS) is 19.9. The number of aliphatic hydroxyl groups is 1. The van der Waals surface area contributed by atoms with Crippen molar-refractivity contribution in [3.8, 4) is 0 Å². The molecular weight excluding hydrogens is 400 g/mol. The molecule has 2 fully saturated rings. The van der Waals surface area contributed by atoms with Crippen LogP contribution in [0.15, 0.2) is 73.3 Å². The van der Waals surface area contributed by atoms with E-state index in [1.807, 2.05) is 53.4 Å². The average Bonchev–Trinajstić information content (AvgIpc) is 2.89. The summed E-state index contributed by atoms with van der Waals surface area (Å²) in [6, 6.07) is 20.2. The predicted molar refractivity (Wildman–Crippen MR) is 125 cm³/mol. The van der Waals surface area contributed by atoms with Crippen molar-refractivity contribution in [1.29, 1.82) is 0 Å². The van der Waals surface area contributed by atoms with Crippen LogP contribution in [0.5, 0.6) is 0 Å². The Morgan fingerprint density at radius 2 is 1.31 bits per heavy atom. The van der Waals surface area contributed by atoms with Crippen LogP contribution in [-0.4, -0.2) is 59.5 Å². The number of hydrogen-bond donors (Lipinski definition) is 1. The van der Waals surface area contributed by atoms with Crippen molar-refractivity contribution < 1.29 is 14.7 Å². The first-order valence-electron chi connectivity index (χ1n) is 11.5. The number of aliphatic hydroxyl groups excluding tert-OH is 1. The Morgan fingerprint density at radius 3 is 1.81 bits per heavy atom. The van der Waals surface area contributed by atoms with E-state index >= 15 is 0 Å². The summed E-state index contributed by atoms with van der Waals surface area (Å²) in [4.78, 5) is 29.9. The Kier molecular flexibility index (Phi) is 6.47. The second kappa shape index (κ2) is 9.29. The van der Waals surface area contributed by atoms with Gasteiger partial charge in [-0.15, -0.1) is 0 Å². The maximum atomic E-state index is 14.0. The van der Waals surface area contributed by atoms with Crippen molar-refractivity contribution in [2.75, 3.05) is 32.8 Å². The molecule has 0 aliphatic carbocycles. The maximum Gasteiger partial charge on any atom is 0.245 e. The van der Waals surface area contributed by atoms with Crippen LogP contribution in [0, 0.1) is 0 Å². The largest absolute Gasteiger partial charge is 0.395 e. The van der Waals surface area contributed by atoms with Gasteiger partial charge in [-0.1, -0.05) is 67.2 Å². The van der Waals surface area contributed by atoms with Gasteiger partial charge in [0.25, 0.3) is 0 Å². The minimum absolute atomic E-state index is 0.0762. The first-order valence-corrected chi connectivity index (χ1v) is 11.5. The molecule has 0 spiro atoms. The van der Waals surface area contributed by atoms with Crippen LogP contribution >= 0.6 is 0 Å². The molecule has 2 aromatic rings. The van der Waals surface area contributed by atoms with Gasteiger partial charge in [0, 0.05) is 31.6 Å². The Labute approximate surface area is 190 Å². The SMILES string of the molecule is C=CC(=O)N1CCC(C(=O)N2CCC(CO)(c3ccccc3)CC2)(c2ccccc2)CC1. The summed E-state index contributed by atoms with van der Waals surface area (Å²) in [7, 11) is 0. The average molecular weight is 433 g/mol. The molecule has 0 bridgehead atoms. The fourth-order valence-electron chi connectivity index (χ4n) is 5.39. The van der Waals surface area contributed by atoms with Gasteiger partial charge in [-0.05, 0) is 42.9 Å². The van der Waals surface area contributed by atoms with Gasteiger partial charge in [-0.3, -0.25) is 9.59 Å². The van der Waals surface area contributed by atoms with Gasteiger partial charge in [0.2, 0.25) is 11.8 Å². The van der Waals surface area contributed by atoms with Gasteiger partial charge in [0.15, 0.2) is 0 Å². The molecule has 2 heterocycles. The van der Waals surface area contributed by atoms with Crippen molar-refractivity contribution in [3.05, 3.63) is 84.4 Å². The second-order valence-electron chi connectivity index (χ2n) is 9.07. The minimum atomic E-state index is -0.620. The molecule has 0 aromatic heterocycles. The van der Waals surface area contributed by atoms with Gasteiger partial charge in [-0.2, -0.15) is 0 Å². The molecule has 2 aromatic carbocycles. The highest BCUT2D eigenvalue weighted by Crippen LogP contribution is 2.41. The van der Waals surface area contributed by atoms with Gasteiger partial charge in [0.1, 0.15) is 0 Å². The fraction of sp³-hybridized carbons (Fsp3) is 0.407. The molecule has 1 N–H and O–H groups in total. The molecule has 5 nitrogen and oxygen atoms in total. The topological polar surface area (TPSA) is 60.9 Å². The third kappa shape index (κ3) is 3.97. The van der Waals surface area contributed by atoms with E-state index in [2.05, 4.69) is 18.7 Å². The van der Waals surface area contributed by atoms with Crippen molar-refractivity contribution in [3.63, 3.8) is 0 Å². The van der Waals surface area contributed by atoms with E-state index in [1.165, 1.54) is 6.08 Å². The molecule has 2 saturated heterocycles. The molecule has 2 aliphatic rings. The summed E-state index contributed by atoms with van der Waals surface area (Å²) in [5.41, 5.74) is 1.25. The summed E-state index contributed by atoms with van der Waals surface area (Å²) >= 11 is 0. The zero-order chi connectivity index (χ0) is 22.6. The molecule has 4 rings (SSSR count). The lowest BCUT2D eigenvalue weighted by molar-refractivity contribution is -0.143. The van der Waals surface area contributed by atoms with E-state index in [9.17, 15) is 14.7 Å². The predicted octanol–water partition coefficient (Wildman–Crippen LogP) is 3.29. The summed E-state index contributed by atoms with van der Waals surface area (Å²) < 4.78 is 0. The molecule has 2 aliphatic heterocycles. The zero-order valence-corrected chi connectivity index (χ0v) is 18.6. The second-order valence-corrected chi connectivity index (χ2v) is 9.07. The Morgan fingerprint density at radius 1 is 0.812 bits per heavy atom. The quantitative estimate of drug-likeness (QED) is 0.738. The molecule has 168 valence electrons. The summed E-state index contributed by atoms with van der Waals surface area (Å²) in [6.07, 6.45) is 4.04. The Balaban J connectivity index is 1.55. The van der Waals surface area contributed by atoms with Crippen LogP contribution < -0.4 is 0 Å². The highest BCUT2D eigenvalue weighted by atomic mass is 16.3. The lowest BCUT2D eigenvalue weighted by Gasteiger charge is -2.47. The van der Waals surface area contributed by atoms with Crippen LogP contribution in [0.25, 0.3) is 0 Å². The molecule has 2 amide bonds. The van der Waals surface area contributed by atoms with E-state index in [4.69, 9.17) is 0 Å². The molecule has 0 radical (unpaired) electrons. The molecule has 0 atom stereocenters. The fourth-order valence-corrected chi connectivity index (χ4v) is 5.39. The Hall–Kier alpha value is -2.92. The number of rotatable bonds is 5. The van der Waals surface area contributed by atoms with Gasteiger partial charge < -0.3 is 14.9 Å². The first-order chi connectivity index (χ1) is 15.5. The minimum Gasteiger partial charge on any atom is -0.395 e. The van der Waals surface area contributed by atoms with Crippen molar-refractivity contribution in [1.82, 2.24) is 9.80 Å². The number of amides is 2. The van der Waals surface area contributed by atoms with E-state index in [0.29, 0.717) is 39.0 Å². The number of piperidine rings is 2. The number of carbonyl (C=O) groups excluding carboxylic acids is 2. The summed E-state index contributed by atoms with van der Waals surface area (Å²) in [5, 5.41) is 10.3. The van der Waals surface area contributed by atoms with E-state index < -0.39 is 5.41 Å².